The highest BCUT2D eigenvalue weighted by Gasteiger charge is 2.21. The third-order valence-electron chi connectivity index (χ3n) is 3.40. The van der Waals surface area contributed by atoms with E-state index >= 15 is 0 Å². The zero-order chi connectivity index (χ0) is 15.8. The molecule has 0 heterocycles. The Morgan fingerprint density at radius 3 is 2.86 bits per heavy atom. The van der Waals surface area contributed by atoms with Gasteiger partial charge in [-0.15, -0.1) is 0 Å². The normalized spacial score (nSPS) is 15.3. The average Bonchev–Trinajstić information content (AvgIpc) is 3.33. The molecule has 1 aromatic carbocycles. The zero-order valence-electron chi connectivity index (χ0n) is 12.6. The molecule has 122 valence electrons. The Morgan fingerprint density at radius 2 is 2.14 bits per heavy atom. The van der Waals surface area contributed by atoms with Crippen molar-refractivity contribution in [3.05, 3.63) is 42.0 Å². The summed E-state index contributed by atoms with van der Waals surface area (Å²) in [7, 11) is -3.31. The van der Waals surface area contributed by atoms with Crippen LogP contribution in [0.25, 0.3) is 0 Å². The minimum Gasteiger partial charge on any atom is -0.493 e. The summed E-state index contributed by atoms with van der Waals surface area (Å²) in [5.41, 5.74) is 0.878. The van der Waals surface area contributed by atoms with Crippen molar-refractivity contribution in [2.75, 3.05) is 19.0 Å². The second-order valence-electron chi connectivity index (χ2n) is 5.48. The highest BCUT2D eigenvalue weighted by molar-refractivity contribution is 7.89. The van der Waals surface area contributed by atoms with Crippen LogP contribution in [0.1, 0.15) is 24.8 Å². The number of rotatable bonds is 10. The molecule has 1 aliphatic carbocycles. The van der Waals surface area contributed by atoms with Crippen LogP contribution in [0.3, 0.4) is 0 Å². The number of sulfonamides is 1. The van der Waals surface area contributed by atoms with Crippen molar-refractivity contribution >= 4 is 10.0 Å². The van der Waals surface area contributed by atoms with E-state index < -0.39 is 10.0 Å². The van der Waals surface area contributed by atoms with E-state index in [2.05, 4.69) is 4.72 Å². The van der Waals surface area contributed by atoms with Gasteiger partial charge in [-0.25, -0.2) is 13.1 Å². The van der Waals surface area contributed by atoms with Crippen molar-refractivity contribution < 1.29 is 18.3 Å². The molecule has 0 unspecified atom stereocenters. The van der Waals surface area contributed by atoms with Crippen LogP contribution in [0.4, 0.5) is 0 Å². The minimum atomic E-state index is -3.31. The van der Waals surface area contributed by atoms with Gasteiger partial charge in [-0.05, 0) is 42.9 Å². The van der Waals surface area contributed by atoms with Crippen LogP contribution in [0.15, 0.2) is 36.4 Å². The van der Waals surface area contributed by atoms with Crippen LogP contribution >= 0.6 is 0 Å². The zero-order valence-corrected chi connectivity index (χ0v) is 13.4. The van der Waals surface area contributed by atoms with Gasteiger partial charge in [0.2, 0.25) is 10.0 Å². The standard InChI is InChI=1S/C16H23NO4S/c18-9-2-1-3-10-22(19,20)17-12-15-5-4-6-16(11-15)21-13-14-7-8-14/h1-2,4-6,11,14,17-18H,3,7-10,12-13H2/b2-1+. The summed E-state index contributed by atoms with van der Waals surface area (Å²) in [5, 5.41) is 8.59. The number of aliphatic hydroxyl groups excluding tert-OH is 1. The molecular weight excluding hydrogens is 302 g/mol. The van der Waals surface area contributed by atoms with Crippen molar-refractivity contribution in [1.29, 1.82) is 0 Å². The SMILES string of the molecule is O=S(=O)(CC/C=C/CO)NCc1cccc(OCC2CC2)c1. The Kier molecular flexibility index (Phi) is 6.42. The van der Waals surface area contributed by atoms with E-state index in [4.69, 9.17) is 9.84 Å². The van der Waals surface area contributed by atoms with E-state index in [1.165, 1.54) is 18.9 Å². The highest BCUT2D eigenvalue weighted by atomic mass is 32.2. The molecule has 0 amide bonds. The molecule has 1 fully saturated rings. The van der Waals surface area contributed by atoms with E-state index in [0.717, 1.165) is 17.9 Å². The lowest BCUT2D eigenvalue weighted by atomic mass is 10.2. The monoisotopic (exact) mass is 325 g/mol. The van der Waals surface area contributed by atoms with Gasteiger partial charge in [0.1, 0.15) is 5.75 Å². The van der Waals surface area contributed by atoms with Crippen molar-refractivity contribution in [3.63, 3.8) is 0 Å². The number of allylic oxidation sites excluding steroid dienone is 1. The molecule has 0 aromatic heterocycles. The molecule has 0 spiro atoms. The Labute approximate surface area is 132 Å². The minimum absolute atomic E-state index is 0.0152. The quantitative estimate of drug-likeness (QED) is 0.644. The van der Waals surface area contributed by atoms with Crippen LogP contribution in [0.2, 0.25) is 0 Å². The summed E-state index contributed by atoms with van der Waals surface area (Å²) in [6.07, 6.45) is 6.07. The lowest BCUT2D eigenvalue weighted by molar-refractivity contribution is 0.299. The third-order valence-corrected chi connectivity index (χ3v) is 4.76. The molecular formula is C16H23NO4S. The molecule has 5 nitrogen and oxygen atoms in total. The lowest BCUT2D eigenvalue weighted by Crippen LogP contribution is -2.25. The van der Waals surface area contributed by atoms with Gasteiger partial charge in [-0.1, -0.05) is 24.3 Å². The second-order valence-corrected chi connectivity index (χ2v) is 7.41. The van der Waals surface area contributed by atoms with Gasteiger partial charge in [-0.2, -0.15) is 0 Å². The number of aliphatic hydroxyl groups is 1. The molecule has 6 heteroatoms. The molecule has 2 rings (SSSR count). The Hall–Kier alpha value is -1.37. The fraction of sp³-hybridized carbons (Fsp3) is 0.500. The molecule has 0 atom stereocenters. The predicted molar refractivity (Wildman–Crippen MR) is 86.1 cm³/mol. The Morgan fingerprint density at radius 1 is 1.32 bits per heavy atom. The lowest BCUT2D eigenvalue weighted by Gasteiger charge is -2.09. The average molecular weight is 325 g/mol. The molecule has 0 radical (unpaired) electrons. The van der Waals surface area contributed by atoms with Crippen LogP contribution in [0, 0.1) is 5.92 Å². The number of hydrogen-bond acceptors (Lipinski definition) is 4. The topological polar surface area (TPSA) is 75.6 Å². The summed E-state index contributed by atoms with van der Waals surface area (Å²) in [5.74, 6) is 1.49. The largest absolute Gasteiger partial charge is 0.493 e. The Balaban J connectivity index is 1.79. The molecule has 2 N–H and O–H groups in total. The summed E-state index contributed by atoms with van der Waals surface area (Å²) >= 11 is 0. The van der Waals surface area contributed by atoms with E-state index in [-0.39, 0.29) is 18.9 Å². The fourth-order valence-corrected chi connectivity index (χ4v) is 2.90. The summed E-state index contributed by atoms with van der Waals surface area (Å²) in [6.45, 7) is 0.931. The maximum atomic E-state index is 11.8. The van der Waals surface area contributed by atoms with Gasteiger partial charge < -0.3 is 9.84 Å². The van der Waals surface area contributed by atoms with E-state index in [1.54, 1.807) is 6.08 Å². The number of benzene rings is 1. The van der Waals surface area contributed by atoms with Crippen LogP contribution in [0.5, 0.6) is 5.75 Å². The van der Waals surface area contributed by atoms with Crippen molar-refractivity contribution in [2.24, 2.45) is 5.92 Å². The first-order valence-electron chi connectivity index (χ1n) is 7.54. The molecule has 1 aromatic rings. The van der Waals surface area contributed by atoms with Crippen LogP contribution < -0.4 is 9.46 Å². The summed E-state index contributed by atoms with van der Waals surface area (Å²) in [4.78, 5) is 0. The molecule has 0 saturated heterocycles. The van der Waals surface area contributed by atoms with E-state index in [9.17, 15) is 8.42 Å². The molecule has 0 aliphatic heterocycles. The van der Waals surface area contributed by atoms with Gasteiger partial charge in [0, 0.05) is 6.54 Å². The van der Waals surface area contributed by atoms with Gasteiger partial charge in [0.15, 0.2) is 0 Å². The van der Waals surface area contributed by atoms with Crippen molar-refractivity contribution in [3.8, 4) is 5.75 Å². The van der Waals surface area contributed by atoms with Crippen molar-refractivity contribution in [1.82, 2.24) is 4.72 Å². The smallest absolute Gasteiger partial charge is 0.212 e. The van der Waals surface area contributed by atoms with Gasteiger partial charge >= 0.3 is 0 Å². The number of hydrogen-bond donors (Lipinski definition) is 2. The second kappa shape index (κ2) is 8.31. The molecule has 1 aliphatic rings. The highest BCUT2D eigenvalue weighted by Crippen LogP contribution is 2.29. The fourth-order valence-electron chi connectivity index (χ4n) is 1.92. The summed E-state index contributed by atoms with van der Waals surface area (Å²) in [6, 6.07) is 7.50. The summed E-state index contributed by atoms with van der Waals surface area (Å²) < 4.78 is 31.9. The number of ether oxygens (including phenoxy) is 1. The third kappa shape index (κ3) is 6.60. The van der Waals surface area contributed by atoms with Gasteiger partial charge in [-0.3, -0.25) is 0 Å². The van der Waals surface area contributed by atoms with Crippen molar-refractivity contribution in [2.45, 2.75) is 25.8 Å². The first kappa shape index (κ1) is 17.0. The maximum Gasteiger partial charge on any atom is 0.212 e. The van der Waals surface area contributed by atoms with Crippen LogP contribution in [-0.2, 0) is 16.6 Å². The first-order chi connectivity index (χ1) is 10.6. The maximum absolute atomic E-state index is 11.8. The van der Waals surface area contributed by atoms with Crippen LogP contribution in [-0.4, -0.2) is 32.5 Å². The van der Waals surface area contributed by atoms with Gasteiger partial charge in [0.05, 0.1) is 19.0 Å². The number of nitrogens with one attached hydrogen (secondary N) is 1. The Bertz CT molecular complexity index is 594. The predicted octanol–water partition coefficient (Wildman–Crippen LogP) is 1.83. The first-order valence-corrected chi connectivity index (χ1v) is 9.19. The van der Waals surface area contributed by atoms with E-state index in [1.807, 2.05) is 24.3 Å². The van der Waals surface area contributed by atoms with E-state index in [0.29, 0.717) is 12.3 Å². The molecule has 0 bridgehead atoms. The molecule has 1 saturated carbocycles. The molecule has 22 heavy (non-hydrogen) atoms. The van der Waals surface area contributed by atoms with Gasteiger partial charge in [0.25, 0.3) is 0 Å².